The van der Waals surface area contributed by atoms with Crippen LogP contribution in [0.2, 0.25) is 0 Å². The maximum Gasteiger partial charge on any atom is 0.0459 e. The van der Waals surface area contributed by atoms with Crippen molar-refractivity contribution in [3.8, 4) is 0 Å². The molecule has 128 valence electrons. The maximum absolute atomic E-state index is 4.11. The molecule has 2 rings (SSSR count). The minimum atomic E-state index is 0.976. The van der Waals surface area contributed by atoms with Crippen LogP contribution in [0.3, 0.4) is 0 Å². The highest BCUT2D eigenvalue weighted by molar-refractivity contribution is 5.87. The van der Waals surface area contributed by atoms with Crippen molar-refractivity contribution in [2.24, 2.45) is 0 Å². The molecule has 2 aromatic rings. The van der Waals surface area contributed by atoms with Gasteiger partial charge in [0.25, 0.3) is 0 Å². The van der Waals surface area contributed by atoms with Gasteiger partial charge in [0, 0.05) is 28.8 Å². The first-order chi connectivity index (χ1) is 11.1. The lowest BCUT2D eigenvalue weighted by Crippen LogP contribution is -2.11. The quantitative estimate of drug-likeness (QED) is 0.625. The van der Waals surface area contributed by atoms with Crippen LogP contribution in [0.4, 0.5) is 0 Å². The van der Waals surface area contributed by atoms with Crippen LogP contribution in [0.25, 0.3) is 16.6 Å². The number of fused-ring (bicyclic) bond motifs is 1. The van der Waals surface area contributed by atoms with Gasteiger partial charge in [0.15, 0.2) is 0 Å². The zero-order chi connectivity index (χ0) is 17.2. The van der Waals surface area contributed by atoms with Crippen molar-refractivity contribution < 1.29 is 0 Å². The van der Waals surface area contributed by atoms with Crippen molar-refractivity contribution in [2.75, 3.05) is 6.54 Å². The first-order valence-corrected chi connectivity index (χ1v) is 9.13. The predicted molar refractivity (Wildman–Crippen MR) is 105 cm³/mol. The third kappa shape index (κ3) is 5.46. The van der Waals surface area contributed by atoms with Crippen LogP contribution < -0.4 is 5.32 Å². The molecule has 0 aliphatic heterocycles. The first-order valence-electron chi connectivity index (χ1n) is 9.13. The van der Waals surface area contributed by atoms with E-state index in [1.807, 2.05) is 0 Å². The van der Waals surface area contributed by atoms with E-state index in [-0.39, 0.29) is 0 Å². The fraction of sp³-hybridized carbons (Fsp3) is 0.524. The zero-order valence-electron chi connectivity index (χ0n) is 15.7. The fourth-order valence-corrected chi connectivity index (χ4v) is 2.76. The van der Waals surface area contributed by atoms with Gasteiger partial charge in [-0.1, -0.05) is 59.6 Å². The Labute approximate surface area is 142 Å². The second kappa shape index (κ2) is 10.1. The number of H-pyrrole nitrogens is 1. The molecule has 0 amide bonds. The number of nitrogens with one attached hydrogen (secondary N) is 2. The highest BCUT2D eigenvalue weighted by Gasteiger charge is 2.08. The molecule has 0 atom stereocenters. The van der Waals surface area contributed by atoms with E-state index in [9.17, 15) is 0 Å². The minimum absolute atomic E-state index is 0.976. The lowest BCUT2D eigenvalue weighted by molar-refractivity contribution is 0.772. The van der Waals surface area contributed by atoms with Crippen LogP contribution >= 0.6 is 0 Å². The van der Waals surface area contributed by atoms with E-state index in [1.54, 1.807) is 0 Å². The van der Waals surface area contributed by atoms with E-state index in [2.05, 4.69) is 69.7 Å². The Morgan fingerprint density at radius 1 is 1.09 bits per heavy atom. The van der Waals surface area contributed by atoms with E-state index >= 15 is 0 Å². The minimum Gasteiger partial charge on any atom is -0.385 e. The summed E-state index contributed by atoms with van der Waals surface area (Å²) < 4.78 is 0. The number of hydrogen-bond acceptors (Lipinski definition) is 1. The van der Waals surface area contributed by atoms with Crippen LogP contribution in [-0.4, -0.2) is 11.5 Å². The fourth-order valence-electron chi connectivity index (χ4n) is 2.76. The SMILES string of the molecule is C=C(NCCC)c1ccc2[nH]c(C)c(CC)c2c1.CCCCC. The van der Waals surface area contributed by atoms with Crippen molar-refractivity contribution in [1.29, 1.82) is 0 Å². The molecule has 0 unspecified atom stereocenters. The standard InChI is InChI=1S/C16H22N2.C5H12/c1-5-9-17-11(3)13-7-8-16-15(10-13)14(6-2)12(4)18-16;1-3-5-4-2/h7-8,10,17-18H,3,5-6,9H2,1-2,4H3;3-5H2,1-2H3. The molecular formula is C21H34N2. The molecule has 0 spiro atoms. The molecule has 0 saturated heterocycles. The summed E-state index contributed by atoms with van der Waals surface area (Å²) in [6.45, 7) is 16.0. The lowest BCUT2D eigenvalue weighted by Gasteiger charge is -2.09. The van der Waals surface area contributed by atoms with Gasteiger partial charge in [-0.05, 0) is 43.0 Å². The smallest absolute Gasteiger partial charge is 0.0459 e. The first kappa shape index (κ1) is 19.3. The van der Waals surface area contributed by atoms with Gasteiger partial charge in [-0.15, -0.1) is 0 Å². The predicted octanol–water partition coefficient (Wildman–Crippen LogP) is 6.21. The molecule has 2 N–H and O–H groups in total. The van der Waals surface area contributed by atoms with Gasteiger partial charge in [0.1, 0.15) is 0 Å². The number of hydrogen-bond donors (Lipinski definition) is 2. The van der Waals surface area contributed by atoms with Crippen molar-refractivity contribution in [1.82, 2.24) is 10.3 Å². The van der Waals surface area contributed by atoms with E-state index in [0.29, 0.717) is 0 Å². The van der Waals surface area contributed by atoms with Crippen LogP contribution in [0, 0.1) is 6.92 Å². The average molecular weight is 315 g/mol. The molecule has 0 bridgehead atoms. The van der Waals surface area contributed by atoms with Gasteiger partial charge < -0.3 is 10.3 Å². The molecule has 1 aromatic carbocycles. The monoisotopic (exact) mass is 314 g/mol. The van der Waals surface area contributed by atoms with Gasteiger partial charge in [0.05, 0.1) is 0 Å². The summed E-state index contributed by atoms with van der Waals surface area (Å²) in [6.07, 6.45) is 6.25. The molecule has 0 saturated carbocycles. The molecule has 0 aliphatic carbocycles. The van der Waals surface area contributed by atoms with E-state index in [0.717, 1.165) is 25.1 Å². The Morgan fingerprint density at radius 2 is 1.78 bits per heavy atom. The molecule has 1 heterocycles. The molecule has 0 fully saturated rings. The molecule has 1 aromatic heterocycles. The normalized spacial score (nSPS) is 10.3. The number of rotatable bonds is 7. The molecule has 0 aliphatic rings. The van der Waals surface area contributed by atoms with Crippen molar-refractivity contribution in [3.05, 3.63) is 41.6 Å². The van der Waals surface area contributed by atoms with Crippen LogP contribution in [0.5, 0.6) is 0 Å². The molecule has 0 radical (unpaired) electrons. The van der Waals surface area contributed by atoms with Gasteiger partial charge >= 0.3 is 0 Å². The highest BCUT2D eigenvalue weighted by atomic mass is 14.9. The Morgan fingerprint density at radius 3 is 2.30 bits per heavy atom. The Kier molecular flexibility index (Phi) is 8.53. The van der Waals surface area contributed by atoms with E-state index in [1.165, 1.54) is 47.0 Å². The zero-order valence-corrected chi connectivity index (χ0v) is 15.7. The third-order valence-corrected chi connectivity index (χ3v) is 4.12. The van der Waals surface area contributed by atoms with Crippen molar-refractivity contribution >= 4 is 16.6 Å². The van der Waals surface area contributed by atoms with E-state index in [4.69, 9.17) is 0 Å². The van der Waals surface area contributed by atoms with Gasteiger partial charge in [0.2, 0.25) is 0 Å². The van der Waals surface area contributed by atoms with Gasteiger partial charge in [-0.3, -0.25) is 0 Å². The molecule has 2 nitrogen and oxygen atoms in total. The number of aromatic amines is 1. The number of aromatic nitrogens is 1. The van der Waals surface area contributed by atoms with Gasteiger partial charge in [-0.2, -0.15) is 0 Å². The van der Waals surface area contributed by atoms with Crippen molar-refractivity contribution in [2.45, 2.75) is 66.7 Å². The van der Waals surface area contributed by atoms with Crippen LogP contribution in [0.1, 0.15) is 70.2 Å². The largest absolute Gasteiger partial charge is 0.385 e. The third-order valence-electron chi connectivity index (χ3n) is 4.12. The summed E-state index contributed by atoms with van der Waals surface area (Å²) >= 11 is 0. The second-order valence-electron chi connectivity index (χ2n) is 6.10. The van der Waals surface area contributed by atoms with Crippen LogP contribution in [-0.2, 0) is 6.42 Å². The van der Waals surface area contributed by atoms with E-state index < -0.39 is 0 Å². The summed E-state index contributed by atoms with van der Waals surface area (Å²) in [7, 11) is 0. The lowest BCUT2D eigenvalue weighted by atomic mass is 10.0. The maximum atomic E-state index is 4.11. The Hall–Kier alpha value is -1.70. The number of unbranched alkanes of at least 4 members (excludes halogenated alkanes) is 2. The Balaban J connectivity index is 0.000000463. The van der Waals surface area contributed by atoms with Crippen molar-refractivity contribution in [3.63, 3.8) is 0 Å². The average Bonchev–Trinajstić information content (AvgIpc) is 2.88. The highest BCUT2D eigenvalue weighted by Crippen LogP contribution is 2.25. The summed E-state index contributed by atoms with van der Waals surface area (Å²) in [5.74, 6) is 0. The number of benzene rings is 1. The second-order valence-corrected chi connectivity index (χ2v) is 6.10. The molecule has 2 heteroatoms. The summed E-state index contributed by atoms with van der Waals surface area (Å²) in [5, 5.41) is 4.68. The molecule has 23 heavy (non-hydrogen) atoms. The van der Waals surface area contributed by atoms with Crippen LogP contribution in [0.15, 0.2) is 24.8 Å². The topological polar surface area (TPSA) is 27.8 Å². The summed E-state index contributed by atoms with van der Waals surface area (Å²) in [6, 6.07) is 6.51. The van der Waals surface area contributed by atoms with Gasteiger partial charge in [-0.25, -0.2) is 0 Å². The Bertz CT molecular complexity index is 606. The summed E-state index contributed by atoms with van der Waals surface area (Å²) in [5.41, 5.74) is 6.10. The number of aryl methyl sites for hydroxylation is 2. The summed E-state index contributed by atoms with van der Waals surface area (Å²) in [4.78, 5) is 3.44. The molecular weight excluding hydrogens is 280 g/mol.